The third-order valence-electron chi connectivity index (χ3n) is 2.22. The Morgan fingerprint density at radius 2 is 1.93 bits per heavy atom. The molecule has 4 heteroatoms. The van der Waals surface area contributed by atoms with Gasteiger partial charge >= 0.3 is 5.97 Å². The van der Waals surface area contributed by atoms with Crippen LogP contribution in [0.5, 0.6) is 0 Å². The van der Waals surface area contributed by atoms with E-state index in [9.17, 15) is 14.3 Å². The van der Waals surface area contributed by atoms with Gasteiger partial charge in [0.1, 0.15) is 5.82 Å². The standard InChI is InChI=1S/C11H9FO3/c1-11(14)9(6-10(13)15-11)7-2-4-8(12)5-3-7/h2-6,14H,1H3. The van der Waals surface area contributed by atoms with Crippen molar-refractivity contribution in [1.82, 2.24) is 0 Å². The molecule has 0 amide bonds. The Hall–Kier alpha value is -1.68. The molecule has 1 aliphatic rings. The van der Waals surface area contributed by atoms with E-state index in [0.717, 1.165) is 0 Å². The number of ether oxygens (including phenoxy) is 1. The number of aliphatic hydroxyl groups is 1. The molecular weight excluding hydrogens is 199 g/mol. The van der Waals surface area contributed by atoms with Crippen LogP contribution in [-0.4, -0.2) is 16.9 Å². The summed E-state index contributed by atoms with van der Waals surface area (Å²) in [6.45, 7) is 1.37. The second-order valence-corrected chi connectivity index (χ2v) is 3.47. The molecule has 0 saturated heterocycles. The van der Waals surface area contributed by atoms with Crippen LogP contribution in [0.1, 0.15) is 12.5 Å². The van der Waals surface area contributed by atoms with E-state index in [2.05, 4.69) is 4.74 Å². The van der Waals surface area contributed by atoms with Crippen molar-refractivity contribution in [2.45, 2.75) is 12.7 Å². The van der Waals surface area contributed by atoms with Gasteiger partial charge in [-0.2, -0.15) is 0 Å². The number of carbonyl (C=O) groups is 1. The van der Waals surface area contributed by atoms with E-state index >= 15 is 0 Å². The van der Waals surface area contributed by atoms with Crippen LogP contribution in [0.3, 0.4) is 0 Å². The summed E-state index contributed by atoms with van der Waals surface area (Å²) >= 11 is 0. The molecule has 1 aromatic carbocycles. The fourth-order valence-electron chi connectivity index (χ4n) is 1.51. The van der Waals surface area contributed by atoms with E-state index in [-0.39, 0.29) is 5.82 Å². The largest absolute Gasteiger partial charge is 0.426 e. The Morgan fingerprint density at radius 1 is 1.33 bits per heavy atom. The summed E-state index contributed by atoms with van der Waals surface area (Å²) in [4.78, 5) is 11.0. The highest BCUT2D eigenvalue weighted by molar-refractivity contribution is 5.97. The third-order valence-corrected chi connectivity index (χ3v) is 2.22. The zero-order valence-electron chi connectivity index (χ0n) is 8.03. The lowest BCUT2D eigenvalue weighted by molar-refractivity contribution is -0.169. The summed E-state index contributed by atoms with van der Waals surface area (Å²) in [5, 5.41) is 9.74. The minimum Gasteiger partial charge on any atom is -0.426 e. The Morgan fingerprint density at radius 3 is 2.40 bits per heavy atom. The Balaban J connectivity index is 2.43. The SMILES string of the molecule is CC1(O)OC(=O)C=C1c1ccc(F)cc1. The molecule has 0 bridgehead atoms. The van der Waals surface area contributed by atoms with Crippen molar-refractivity contribution in [3.63, 3.8) is 0 Å². The van der Waals surface area contributed by atoms with Gasteiger partial charge in [0.2, 0.25) is 5.79 Å². The molecule has 1 heterocycles. The molecule has 0 aliphatic carbocycles. The monoisotopic (exact) mass is 208 g/mol. The second-order valence-electron chi connectivity index (χ2n) is 3.47. The average Bonchev–Trinajstić information content (AvgIpc) is 2.41. The van der Waals surface area contributed by atoms with Crippen molar-refractivity contribution in [3.8, 4) is 0 Å². The van der Waals surface area contributed by atoms with Crippen molar-refractivity contribution >= 4 is 11.5 Å². The predicted molar refractivity (Wildman–Crippen MR) is 51.1 cm³/mol. The molecule has 0 fully saturated rings. The minimum atomic E-state index is -1.63. The molecule has 15 heavy (non-hydrogen) atoms. The molecule has 1 aliphatic heterocycles. The van der Waals surface area contributed by atoms with Crippen LogP contribution >= 0.6 is 0 Å². The summed E-state index contributed by atoms with van der Waals surface area (Å²) in [7, 11) is 0. The normalized spacial score (nSPS) is 25.0. The van der Waals surface area contributed by atoms with Crippen LogP contribution in [0.15, 0.2) is 30.3 Å². The van der Waals surface area contributed by atoms with Gasteiger partial charge in [0.15, 0.2) is 0 Å². The molecule has 1 N–H and O–H groups in total. The maximum Gasteiger partial charge on any atom is 0.334 e. The van der Waals surface area contributed by atoms with Crippen LogP contribution in [0.25, 0.3) is 5.57 Å². The summed E-state index contributed by atoms with van der Waals surface area (Å²) in [6.07, 6.45) is 1.20. The molecular formula is C11H9FO3. The number of hydrogen-bond donors (Lipinski definition) is 1. The van der Waals surface area contributed by atoms with Gasteiger partial charge in [-0.3, -0.25) is 0 Å². The summed E-state index contributed by atoms with van der Waals surface area (Å²) < 4.78 is 17.3. The second kappa shape index (κ2) is 3.17. The highest BCUT2D eigenvalue weighted by atomic mass is 19.1. The number of carbonyl (C=O) groups excluding carboxylic acids is 1. The van der Waals surface area contributed by atoms with E-state index in [0.29, 0.717) is 11.1 Å². The number of rotatable bonds is 1. The highest BCUT2D eigenvalue weighted by Crippen LogP contribution is 2.33. The molecule has 0 saturated carbocycles. The number of halogens is 1. The Labute approximate surface area is 85.8 Å². The van der Waals surface area contributed by atoms with E-state index < -0.39 is 11.8 Å². The van der Waals surface area contributed by atoms with Gasteiger partial charge in [0.25, 0.3) is 0 Å². The Bertz CT molecular complexity index is 432. The number of hydrogen-bond acceptors (Lipinski definition) is 3. The lowest BCUT2D eigenvalue weighted by atomic mass is 10.00. The van der Waals surface area contributed by atoms with Crippen molar-refractivity contribution in [3.05, 3.63) is 41.7 Å². The molecule has 3 nitrogen and oxygen atoms in total. The zero-order chi connectivity index (χ0) is 11.1. The van der Waals surface area contributed by atoms with Crippen molar-refractivity contribution < 1.29 is 19.0 Å². The first-order chi connectivity index (χ1) is 6.99. The average molecular weight is 208 g/mol. The number of esters is 1. The highest BCUT2D eigenvalue weighted by Gasteiger charge is 2.37. The van der Waals surface area contributed by atoms with Gasteiger partial charge < -0.3 is 9.84 Å². The van der Waals surface area contributed by atoms with E-state index in [1.807, 2.05) is 0 Å². The molecule has 2 rings (SSSR count). The Kier molecular flexibility index (Phi) is 2.08. The van der Waals surface area contributed by atoms with Crippen LogP contribution in [0.4, 0.5) is 4.39 Å². The van der Waals surface area contributed by atoms with Crippen LogP contribution < -0.4 is 0 Å². The third kappa shape index (κ3) is 1.76. The van der Waals surface area contributed by atoms with E-state index in [1.165, 1.54) is 37.3 Å². The van der Waals surface area contributed by atoms with Gasteiger partial charge in [-0.25, -0.2) is 9.18 Å². The van der Waals surface area contributed by atoms with Crippen molar-refractivity contribution in [2.75, 3.05) is 0 Å². The maximum atomic E-state index is 12.7. The van der Waals surface area contributed by atoms with Gasteiger partial charge in [0.05, 0.1) is 0 Å². The summed E-state index contributed by atoms with van der Waals surface area (Å²) in [6, 6.07) is 5.49. The van der Waals surface area contributed by atoms with Gasteiger partial charge in [-0.15, -0.1) is 0 Å². The van der Waals surface area contributed by atoms with Gasteiger partial charge in [-0.05, 0) is 17.7 Å². The molecule has 0 spiro atoms. The molecule has 1 aromatic rings. The topological polar surface area (TPSA) is 46.5 Å². The summed E-state index contributed by atoms with van der Waals surface area (Å²) in [5.41, 5.74) is 0.903. The van der Waals surface area contributed by atoms with Crippen molar-refractivity contribution in [1.29, 1.82) is 0 Å². The smallest absolute Gasteiger partial charge is 0.334 e. The molecule has 1 atom stereocenters. The molecule has 0 aromatic heterocycles. The van der Waals surface area contributed by atoms with Gasteiger partial charge in [-0.1, -0.05) is 12.1 Å². The first kappa shape index (κ1) is 9.86. The minimum absolute atomic E-state index is 0.340. The first-order valence-corrected chi connectivity index (χ1v) is 4.42. The first-order valence-electron chi connectivity index (χ1n) is 4.42. The maximum absolute atomic E-state index is 12.7. The number of benzene rings is 1. The quantitative estimate of drug-likeness (QED) is 0.711. The fraction of sp³-hybridized carbons (Fsp3) is 0.182. The molecule has 0 radical (unpaired) electrons. The predicted octanol–water partition coefficient (Wildman–Crippen LogP) is 1.47. The number of cyclic esters (lactones) is 1. The zero-order valence-corrected chi connectivity index (χ0v) is 8.03. The van der Waals surface area contributed by atoms with Crippen LogP contribution in [0.2, 0.25) is 0 Å². The lowest BCUT2D eigenvalue weighted by Gasteiger charge is -2.19. The molecule has 78 valence electrons. The van der Waals surface area contributed by atoms with Crippen molar-refractivity contribution in [2.24, 2.45) is 0 Å². The fourth-order valence-corrected chi connectivity index (χ4v) is 1.51. The van der Waals surface area contributed by atoms with E-state index in [4.69, 9.17) is 0 Å². The summed E-state index contributed by atoms with van der Waals surface area (Å²) in [5.74, 6) is -2.60. The van der Waals surface area contributed by atoms with Crippen LogP contribution in [0, 0.1) is 5.82 Å². The van der Waals surface area contributed by atoms with Gasteiger partial charge in [0, 0.05) is 18.6 Å². The lowest BCUT2D eigenvalue weighted by Crippen LogP contribution is -2.26. The van der Waals surface area contributed by atoms with E-state index in [1.54, 1.807) is 0 Å². The van der Waals surface area contributed by atoms with Crippen LogP contribution in [-0.2, 0) is 9.53 Å². The molecule has 1 unspecified atom stereocenters.